The molecule has 0 N–H and O–H groups in total. The van der Waals surface area contributed by atoms with Crippen molar-refractivity contribution in [2.75, 3.05) is 4.31 Å². The second-order valence-electron chi connectivity index (χ2n) is 10.1. The minimum absolute atomic E-state index is 0.0656. The molecule has 1 aliphatic carbocycles. The lowest BCUT2D eigenvalue weighted by molar-refractivity contribution is 0.0473. The summed E-state index contributed by atoms with van der Waals surface area (Å²) in [6.45, 7) is -0.0888. The number of carbonyl (C=O) groups is 1. The number of fused-ring (bicyclic) bond motifs is 2. The number of anilines is 1. The number of benzene rings is 4. The molecule has 1 aliphatic rings. The minimum Gasteiger partial charge on any atom is -0.457 e. The second-order valence-corrected chi connectivity index (χ2v) is 12.4. The molecule has 0 unspecified atom stereocenters. The van der Waals surface area contributed by atoms with E-state index in [1.54, 1.807) is 24.3 Å². The van der Waals surface area contributed by atoms with Crippen LogP contribution in [0.1, 0.15) is 39.0 Å². The molecule has 0 spiro atoms. The van der Waals surface area contributed by atoms with Gasteiger partial charge in [0.25, 0.3) is 10.0 Å². The maximum Gasteiger partial charge on any atom is 0.338 e. The standard InChI is InChI=1S/C33H26ClNO6S/c34-27-12-14-28(15-13-27)35(20-22-6-2-1-3-7-22)42(38,39)29-11-5-10-25(16-29)33(37)40-21-26-19-32(36)41-31-18-24-9-4-8-23(24)17-30(26)31/h1-3,5-7,10-19H,4,8-9,20-21H2. The summed E-state index contributed by atoms with van der Waals surface area (Å²) in [7, 11) is -4.10. The average Bonchev–Trinajstić information content (AvgIpc) is 3.46. The zero-order chi connectivity index (χ0) is 29.3. The quantitative estimate of drug-likeness (QED) is 0.146. The third kappa shape index (κ3) is 5.68. The predicted molar refractivity (Wildman–Crippen MR) is 161 cm³/mol. The van der Waals surface area contributed by atoms with E-state index < -0.39 is 21.6 Å². The monoisotopic (exact) mass is 599 g/mol. The van der Waals surface area contributed by atoms with Crippen molar-refractivity contribution in [1.82, 2.24) is 0 Å². The summed E-state index contributed by atoms with van der Waals surface area (Å²) in [5.74, 6) is -0.712. The number of sulfonamides is 1. The Balaban J connectivity index is 1.28. The Labute approximate surface area is 248 Å². The predicted octanol–water partition coefficient (Wildman–Crippen LogP) is 6.69. The van der Waals surface area contributed by atoms with Crippen molar-refractivity contribution in [3.63, 3.8) is 0 Å². The van der Waals surface area contributed by atoms with Gasteiger partial charge in [0.1, 0.15) is 12.2 Å². The molecule has 1 heterocycles. The molecule has 9 heteroatoms. The highest BCUT2D eigenvalue weighted by molar-refractivity contribution is 7.92. The molecule has 6 rings (SSSR count). The fourth-order valence-corrected chi connectivity index (χ4v) is 6.85. The van der Waals surface area contributed by atoms with Crippen LogP contribution in [0.3, 0.4) is 0 Å². The van der Waals surface area contributed by atoms with Crippen molar-refractivity contribution in [3.8, 4) is 0 Å². The molecule has 0 amide bonds. The van der Waals surface area contributed by atoms with Crippen molar-refractivity contribution in [1.29, 1.82) is 0 Å². The Bertz CT molecular complexity index is 1950. The van der Waals surface area contributed by atoms with Crippen LogP contribution in [0.2, 0.25) is 5.02 Å². The first kappa shape index (κ1) is 27.8. The van der Waals surface area contributed by atoms with Crippen LogP contribution in [0.25, 0.3) is 11.0 Å². The van der Waals surface area contributed by atoms with E-state index in [2.05, 4.69) is 0 Å². The molecule has 0 bridgehead atoms. The van der Waals surface area contributed by atoms with Crippen molar-refractivity contribution < 1.29 is 22.4 Å². The SMILES string of the molecule is O=C(OCc1cc(=O)oc2cc3c(cc12)CCC3)c1cccc(S(=O)(=O)N(Cc2ccccc2)c2ccc(Cl)cc2)c1. The van der Waals surface area contributed by atoms with Crippen molar-refractivity contribution in [3.05, 3.63) is 140 Å². The number of aryl methyl sites for hydroxylation is 2. The van der Waals surface area contributed by atoms with Crippen LogP contribution in [-0.4, -0.2) is 14.4 Å². The summed E-state index contributed by atoms with van der Waals surface area (Å²) in [5, 5.41) is 1.20. The van der Waals surface area contributed by atoms with E-state index >= 15 is 0 Å². The summed E-state index contributed by atoms with van der Waals surface area (Å²) < 4.78 is 40.2. The molecular weight excluding hydrogens is 574 g/mol. The molecule has 7 nitrogen and oxygen atoms in total. The fourth-order valence-electron chi connectivity index (χ4n) is 5.22. The van der Waals surface area contributed by atoms with E-state index in [1.165, 1.54) is 40.2 Å². The van der Waals surface area contributed by atoms with Gasteiger partial charge in [0, 0.05) is 22.0 Å². The van der Waals surface area contributed by atoms with Crippen LogP contribution in [0.15, 0.2) is 111 Å². The average molecular weight is 600 g/mol. The first-order chi connectivity index (χ1) is 20.3. The summed E-state index contributed by atoms with van der Waals surface area (Å²) in [4.78, 5) is 25.3. The second kappa shape index (κ2) is 11.5. The number of hydrogen-bond acceptors (Lipinski definition) is 6. The molecule has 0 saturated heterocycles. The number of hydrogen-bond donors (Lipinski definition) is 0. The summed E-state index contributed by atoms with van der Waals surface area (Å²) in [5.41, 5.74) is 4.11. The molecule has 0 saturated carbocycles. The molecule has 4 aromatic carbocycles. The Kier molecular flexibility index (Phi) is 7.58. The van der Waals surface area contributed by atoms with Gasteiger partial charge in [-0.05, 0) is 90.6 Å². The van der Waals surface area contributed by atoms with Gasteiger partial charge in [0.2, 0.25) is 0 Å². The molecule has 0 atom stereocenters. The van der Waals surface area contributed by atoms with Gasteiger partial charge < -0.3 is 9.15 Å². The Morgan fingerprint density at radius 1 is 0.881 bits per heavy atom. The molecule has 5 aromatic rings. The largest absolute Gasteiger partial charge is 0.457 e. The first-order valence-corrected chi connectivity index (χ1v) is 15.3. The van der Waals surface area contributed by atoms with Gasteiger partial charge in [-0.1, -0.05) is 48.0 Å². The van der Waals surface area contributed by atoms with Crippen LogP contribution in [0.4, 0.5) is 5.69 Å². The van der Waals surface area contributed by atoms with Crippen molar-refractivity contribution >= 4 is 44.3 Å². The Morgan fingerprint density at radius 2 is 1.62 bits per heavy atom. The lowest BCUT2D eigenvalue weighted by Crippen LogP contribution is -2.30. The van der Waals surface area contributed by atoms with Crippen molar-refractivity contribution in [2.24, 2.45) is 0 Å². The number of halogens is 1. The molecular formula is C33H26ClNO6S. The lowest BCUT2D eigenvalue weighted by atomic mass is 10.0. The normalized spacial score (nSPS) is 12.7. The van der Waals surface area contributed by atoms with E-state index in [1.807, 2.05) is 42.5 Å². The maximum atomic E-state index is 13.9. The van der Waals surface area contributed by atoms with Crippen LogP contribution < -0.4 is 9.93 Å². The number of rotatable bonds is 8. The van der Waals surface area contributed by atoms with E-state index in [4.69, 9.17) is 20.8 Å². The smallest absolute Gasteiger partial charge is 0.338 e. The van der Waals surface area contributed by atoms with Gasteiger partial charge in [-0.25, -0.2) is 18.0 Å². The number of carbonyl (C=O) groups excluding carboxylic acids is 1. The molecule has 0 fully saturated rings. The van der Waals surface area contributed by atoms with E-state index in [-0.39, 0.29) is 23.6 Å². The van der Waals surface area contributed by atoms with Gasteiger partial charge >= 0.3 is 11.6 Å². The molecule has 212 valence electrons. The zero-order valence-corrected chi connectivity index (χ0v) is 24.0. The topological polar surface area (TPSA) is 93.9 Å². The molecule has 42 heavy (non-hydrogen) atoms. The Morgan fingerprint density at radius 3 is 2.38 bits per heavy atom. The number of esters is 1. The fraction of sp³-hybridized carbons (Fsp3) is 0.152. The van der Waals surface area contributed by atoms with Gasteiger partial charge in [-0.3, -0.25) is 4.31 Å². The molecule has 0 radical (unpaired) electrons. The van der Waals surface area contributed by atoms with Gasteiger partial charge in [-0.15, -0.1) is 0 Å². The van der Waals surface area contributed by atoms with Crippen molar-refractivity contribution in [2.45, 2.75) is 37.3 Å². The number of nitrogens with zero attached hydrogens (tertiary/aromatic N) is 1. The van der Waals surface area contributed by atoms with E-state index in [0.29, 0.717) is 21.9 Å². The summed E-state index contributed by atoms with van der Waals surface area (Å²) in [6.07, 6.45) is 2.93. The summed E-state index contributed by atoms with van der Waals surface area (Å²) >= 11 is 6.06. The minimum atomic E-state index is -4.10. The third-order valence-electron chi connectivity index (χ3n) is 7.34. The molecule has 0 aliphatic heterocycles. The molecule has 1 aromatic heterocycles. The van der Waals surface area contributed by atoms with Crippen LogP contribution in [0, 0.1) is 0 Å². The Hall–Kier alpha value is -4.40. The zero-order valence-electron chi connectivity index (χ0n) is 22.5. The summed E-state index contributed by atoms with van der Waals surface area (Å²) in [6, 6.07) is 26.7. The van der Waals surface area contributed by atoms with Crippen LogP contribution in [-0.2, 0) is 40.8 Å². The van der Waals surface area contributed by atoms with Gasteiger partial charge in [0.05, 0.1) is 22.7 Å². The third-order valence-corrected chi connectivity index (χ3v) is 9.36. The highest BCUT2D eigenvalue weighted by Gasteiger charge is 2.26. The van der Waals surface area contributed by atoms with E-state index in [0.717, 1.165) is 35.8 Å². The maximum absolute atomic E-state index is 13.9. The number of ether oxygens (including phenoxy) is 1. The highest BCUT2D eigenvalue weighted by atomic mass is 35.5. The van der Waals surface area contributed by atoms with Gasteiger partial charge in [0.15, 0.2) is 0 Å². The van der Waals surface area contributed by atoms with Crippen LogP contribution >= 0.6 is 11.6 Å². The van der Waals surface area contributed by atoms with Gasteiger partial charge in [-0.2, -0.15) is 0 Å². The highest BCUT2D eigenvalue weighted by Crippen LogP contribution is 2.30. The first-order valence-electron chi connectivity index (χ1n) is 13.5. The lowest BCUT2D eigenvalue weighted by Gasteiger charge is -2.25. The van der Waals surface area contributed by atoms with E-state index in [9.17, 15) is 18.0 Å². The van der Waals surface area contributed by atoms with Crippen LogP contribution in [0.5, 0.6) is 0 Å².